The van der Waals surface area contributed by atoms with Gasteiger partial charge in [-0.3, -0.25) is 9.89 Å². The number of sulfonamides is 1. The Morgan fingerprint density at radius 1 is 1.10 bits per heavy atom. The van der Waals surface area contributed by atoms with Crippen molar-refractivity contribution >= 4 is 16.0 Å². The molecule has 170 valence electrons. The minimum atomic E-state index is -5.23. The van der Waals surface area contributed by atoms with Gasteiger partial charge in [0.15, 0.2) is 5.96 Å². The zero-order valence-electron chi connectivity index (χ0n) is 17.5. The predicted octanol–water partition coefficient (Wildman–Crippen LogP) is 1.83. The van der Waals surface area contributed by atoms with Gasteiger partial charge in [-0.15, -0.1) is 0 Å². The molecule has 2 saturated heterocycles. The Balaban J connectivity index is 1.74. The number of aliphatic imine (C=N–C) groups is 1. The fourth-order valence-electron chi connectivity index (χ4n) is 4.01. The van der Waals surface area contributed by atoms with E-state index in [4.69, 9.17) is 0 Å². The number of guanidine groups is 1. The maximum absolute atomic E-state index is 12.7. The summed E-state index contributed by atoms with van der Waals surface area (Å²) in [5.74, 6) is 1.41. The van der Waals surface area contributed by atoms with E-state index in [0.717, 1.165) is 26.1 Å². The molecular weight excluding hydrogens is 407 g/mol. The molecule has 2 fully saturated rings. The van der Waals surface area contributed by atoms with Gasteiger partial charge in [0.1, 0.15) is 0 Å². The maximum atomic E-state index is 12.7. The average molecular weight is 442 g/mol. The summed E-state index contributed by atoms with van der Waals surface area (Å²) in [6.45, 7) is 7.78. The predicted molar refractivity (Wildman–Crippen MR) is 108 cm³/mol. The molecule has 0 spiro atoms. The van der Waals surface area contributed by atoms with Crippen LogP contribution in [0.4, 0.5) is 13.2 Å². The molecule has 0 radical (unpaired) electrons. The summed E-state index contributed by atoms with van der Waals surface area (Å²) in [4.78, 5) is 6.73. The molecule has 0 saturated carbocycles. The van der Waals surface area contributed by atoms with Gasteiger partial charge in [-0.25, -0.2) is 8.42 Å². The van der Waals surface area contributed by atoms with Crippen LogP contribution in [-0.2, 0) is 10.0 Å². The fraction of sp³-hybridized carbons (Fsp3) is 0.944. The van der Waals surface area contributed by atoms with Gasteiger partial charge in [-0.2, -0.15) is 17.5 Å². The molecule has 0 aromatic rings. The van der Waals surface area contributed by atoms with Crippen LogP contribution in [0.15, 0.2) is 4.99 Å². The fourth-order valence-corrected chi connectivity index (χ4v) is 5.00. The maximum Gasteiger partial charge on any atom is 0.511 e. The van der Waals surface area contributed by atoms with E-state index in [0.29, 0.717) is 41.6 Å². The summed E-state index contributed by atoms with van der Waals surface area (Å²) in [5, 5.41) is 6.58. The molecule has 2 aliphatic heterocycles. The zero-order chi connectivity index (χ0) is 21.7. The topological polar surface area (TPSA) is 77.0 Å². The molecule has 2 N–H and O–H groups in total. The van der Waals surface area contributed by atoms with Crippen LogP contribution in [0.1, 0.15) is 39.5 Å². The second kappa shape index (κ2) is 10.3. The zero-order valence-corrected chi connectivity index (χ0v) is 18.3. The van der Waals surface area contributed by atoms with Crippen molar-refractivity contribution in [1.82, 2.24) is 19.8 Å². The summed E-state index contributed by atoms with van der Waals surface area (Å²) in [6, 6.07) is 0.478. The van der Waals surface area contributed by atoms with Crippen LogP contribution in [0.3, 0.4) is 0 Å². The summed E-state index contributed by atoms with van der Waals surface area (Å²) in [5.41, 5.74) is -5.23. The number of rotatable bonds is 7. The Labute approximate surface area is 172 Å². The number of nitrogens with one attached hydrogen (secondary N) is 2. The Morgan fingerprint density at radius 2 is 1.72 bits per heavy atom. The van der Waals surface area contributed by atoms with Crippen molar-refractivity contribution in [3.63, 3.8) is 0 Å². The number of hydrogen-bond donors (Lipinski definition) is 2. The second-order valence-electron chi connectivity index (χ2n) is 8.31. The average Bonchev–Trinajstić information content (AvgIpc) is 3.07. The standard InChI is InChI=1S/C18H34F3N5O2S/c1-14(2)13-25-8-4-5-16(25)12-24-17(22-3)23-11-15-6-9-26(10-7-15)29(27,28)18(19,20)21/h14-16H,4-13H2,1-3H3,(H2,22,23,24)/t16-/m1/s1. The number of alkyl halides is 3. The van der Waals surface area contributed by atoms with E-state index < -0.39 is 15.5 Å². The van der Waals surface area contributed by atoms with Crippen LogP contribution in [0, 0.1) is 11.8 Å². The third-order valence-corrected chi connectivity index (χ3v) is 7.22. The molecule has 2 rings (SSSR count). The number of halogens is 3. The van der Waals surface area contributed by atoms with Crippen LogP contribution >= 0.6 is 0 Å². The van der Waals surface area contributed by atoms with Crippen LogP contribution in [-0.4, -0.2) is 81.4 Å². The van der Waals surface area contributed by atoms with Crippen LogP contribution in [0.5, 0.6) is 0 Å². The molecule has 0 aromatic carbocycles. The number of hydrogen-bond acceptors (Lipinski definition) is 4. The van der Waals surface area contributed by atoms with Crippen LogP contribution < -0.4 is 10.6 Å². The van der Waals surface area contributed by atoms with Gasteiger partial charge in [-0.1, -0.05) is 13.8 Å². The lowest BCUT2D eigenvalue weighted by Gasteiger charge is -2.32. The molecule has 0 aromatic heterocycles. The Bertz CT molecular complexity index is 646. The van der Waals surface area contributed by atoms with Crippen molar-refractivity contribution in [2.24, 2.45) is 16.8 Å². The van der Waals surface area contributed by atoms with Crippen LogP contribution in [0.2, 0.25) is 0 Å². The van der Waals surface area contributed by atoms with Gasteiger partial charge < -0.3 is 10.6 Å². The summed E-state index contributed by atoms with van der Waals surface area (Å²) >= 11 is 0. The summed E-state index contributed by atoms with van der Waals surface area (Å²) < 4.78 is 61.5. The molecule has 0 amide bonds. The van der Waals surface area contributed by atoms with E-state index in [9.17, 15) is 21.6 Å². The molecule has 2 aliphatic rings. The smallest absolute Gasteiger partial charge is 0.356 e. The molecular formula is C18H34F3N5O2S. The molecule has 0 bridgehead atoms. The van der Waals surface area contributed by atoms with E-state index in [2.05, 4.69) is 34.4 Å². The van der Waals surface area contributed by atoms with Crippen molar-refractivity contribution in [3.05, 3.63) is 0 Å². The summed E-state index contributed by atoms with van der Waals surface area (Å²) in [6.07, 6.45) is 3.14. The van der Waals surface area contributed by atoms with Gasteiger partial charge in [0.2, 0.25) is 0 Å². The third kappa shape index (κ3) is 6.71. The van der Waals surface area contributed by atoms with Crippen molar-refractivity contribution in [3.8, 4) is 0 Å². The van der Waals surface area contributed by atoms with Gasteiger partial charge in [0.05, 0.1) is 0 Å². The van der Waals surface area contributed by atoms with Gasteiger partial charge in [0, 0.05) is 45.8 Å². The van der Waals surface area contributed by atoms with E-state index in [1.54, 1.807) is 7.05 Å². The van der Waals surface area contributed by atoms with Gasteiger partial charge >= 0.3 is 15.5 Å². The lowest BCUT2D eigenvalue weighted by molar-refractivity contribution is -0.0496. The van der Waals surface area contributed by atoms with E-state index in [-0.39, 0.29) is 19.0 Å². The van der Waals surface area contributed by atoms with Gasteiger partial charge in [-0.05, 0) is 44.1 Å². The highest BCUT2D eigenvalue weighted by Gasteiger charge is 2.50. The first kappa shape index (κ1) is 24.2. The molecule has 29 heavy (non-hydrogen) atoms. The minimum absolute atomic E-state index is 0.105. The van der Waals surface area contributed by atoms with E-state index in [1.165, 1.54) is 6.42 Å². The van der Waals surface area contributed by atoms with Crippen LogP contribution in [0.25, 0.3) is 0 Å². The molecule has 11 heteroatoms. The first-order valence-corrected chi connectivity index (χ1v) is 11.7. The van der Waals surface area contributed by atoms with Crippen molar-refractivity contribution in [2.45, 2.75) is 51.1 Å². The highest BCUT2D eigenvalue weighted by molar-refractivity contribution is 7.90. The highest BCUT2D eigenvalue weighted by Crippen LogP contribution is 2.30. The Kier molecular flexibility index (Phi) is 8.59. The number of piperidine rings is 1. The molecule has 7 nitrogen and oxygen atoms in total. The van der Waals surface area contributed by atoms with Gasteiger partial charge in [0.25, 0.3) is 0 Å². The first-order valence-electron chi connectivity index (χ1n) is 10.3. The molecule has 0 aliphatic carbocycles. The quantitative estimate of drug-likeness (QED) is 0.466. The van der Waals surface area contributed by atoms with Crippen molar-refractivity contribution < 1.29 is 21.6 Å². The molecule has 1 atom stereocenters. The normalized spacial score (nSPS) is 23.7. The lowest BCUT2D eigenvalue weighted by Crippen LogP contribution is -2.48. The second-order valence-corrected chi connectivity index (χ2v) is 10.2. The number of nitrogens with zero attached hydrogens (tertiary/aromatic N) is 3. The summed E-state index contributed by atoms with van der Waals surface area (Å²) in [7, 11) is -3.53. The molecule has 2 heterocycles. The lowest BCUT2D eigenvalue weighted by atomic mass is 9.98. The minimum Gasteiger partial charge on any atom is -0.356 e. The number of likely N-dealkylation sites (tertiary alicyclic amines) is 1. The van der Waals surface area contributed by atoms with Crippen molar-refractivity contribution in [1.29, 1.82) is 0 Å². The van der Waals surface area contributed by atoms with E-state index in [1.807, 2.05) is 0 Å². The Hall–Kier alpha value is -1.07. The first-order chi connectivity index (χ1) is 13.5. The third-order valence-electron chi connectivity index (χ3n) is 5.59. The van der Waals surface area contributed by atoms with E-state index >= 15 is 0 Å². The molecule has 0 unspecified atom stereocenters. The van der Waals surface area contributed by atoms with Crippen molar-refractivity contribution in [2.75, 3.05) is 46.3 Å². The SMILES string of the molecule is CN=C(NCC1CCN(S(=O)(=O)C(F)(F)F)CC1)NC[C@H]1CCCN1CC(C)C. The largest absolute Gasteiger partial charge is 0.511 e. The Morgan fingerprint density at radius 3 is 2.28 bits per heavy atom. The highest BCUT2D eigenvalue weighted by atomic mass is 32.2. The monoisotopic (exact) mass is 441 g/mol.